The number of nitrogens with zero attached hydrogens (tertiary/aromatic N) is 2. The number of H-pyrrole nitrogens is 1. The van der Waals surface area contributed by atoms with E-state index < -0.39 is 0 Å². The van der Waals surface area contributed by atoms with Gasteiger partial charge in [-0.25, -0.2) is 4.79 Å². The maximum Gasteiger partial charge on any atom is 0.317 e. The summed E-state index contributed by atoms with van der Waals surface area (Å²) in [5.41, 5.74) is 3.86. The highest BCUT2D eigenvalue weighted by atomic mass is 16.2. The molecule has 2 fully saturated rings. The average Bonchev–Trinajstić information content (AvgIpc) is 2.98. The molecule has 0 atom stereocenters. The number of fused-ring (bicyclic) bond motifs is 1. The van der Waals surface area contributed by atoms with Crippen LogP contribution in [0.5, 0.6) is 0 Å². The van der Waals surface area contributed by atoms with E-state index in [1.54, 1.807) is 0 Å². The lowest BCUT2D eigenvalue weighted by Crippen LogP contribution is -2.53. The van der Waals surface area contributed by atoms with Gasteiger partial charge in [0.25, 0.3) is 0 Å². The summed E-state index contributed by atoms with van der Waals surface area (Å²) in [4.78, 5) is 20.5. The molecule has 2 aliphatic rings. The number of amides is 2. The third-order valence-corrected chi connectivity index (χ3v) is 6.00. The van der Waals surface area contributed by atoms with E-state index >= 15 is 0 Å². The quantitative estimate of drug-likeness (QED) is 0.884. The SMILES string of the molecule is Cc1[nH]c2ccccc2c1CN1CCN(C(=O)NC2CCCCC2)CC1. The zero-order valence-corrected chi connectivity index (χ0v) is 15.8. The number of hydrogen-bond acceptors (Lipinski definition) is 2. The second-order valence-corrected chi connectivity index (χ2v) is 7.82. The molecule has 1 saturated heterocycles. The number of piperazine rings is 1. The Morgan fingerprint density at radius 1 is 1.12 bits per heavy atom. The van der Waals surface area contributed by atoms with Crippen LogP contribution in [-0.4, -0.2) is 53.0 Å². The largest absolute Gasteiger partial charge is 0.358 e. The maximum absolute atomic E-state index is 12.5. The summed E-state index contributed by atoms with van der Waals surface area (Å²) < 4.78 is 0. The van der Waals surface area contributed by atoms with E-state index in [9.17, 15) is 4.79 Å². The van der Waals surface area contributed by atoms with Gasteiger partial charge in [0.05, 0.1) is 0 Å². The van der Waals surface area contributed by atoms with Gasteiger partial charge in [-0.3, -0.25) is 4.90 Å². The molecule has 5 nitrogen and oxygen atoms in total. The van der Waals surface area contributed by atoms with Crippen LogP contribution in [0.4, 0.5) is 4.79 Å². The molecular weight excluding hydrogens is 324 g/mol. The van der Waals surface area contributed by atoms with E-state index in [2.05, 4.69) is 46.4 Å². The van der Waals surface area contributed by atoms with Gasteiger partial charge in [0, 0.05) is 55.4 Å². The summed E-state index contributed by atoms with van der Waals surface area (Å²) in [6.07, 6.45) is 6.11. The minimum absolute atomic E-state index is 0.139. The number of aromatic amines is 1. The molecule has 2 amide bonds. The first kappa shape index (κ1) is 17.4. The van der Waals surface area contributed by atoms with Gasteiger partial charge in [0.2, 0.25) is 0 Å². The van der Waals surface area contributed by atoms with E-state index in [0.29, 0.717) is 6.04 Å². The molecule has 140 valence electrons. The Hall–Kier alpha value is -2.01. The number of aryl methyl sites for hydroxylation is 1. The summed E-state index contributed by atoms with van der Waals surface area (Å²) in [6.45, 7) is 6.63. The fourth-order valence-electron chi connectivity index (χ4n) is 4.38. The van der Waals surface area contributed by atoms with Crippen molar-refractivity contribution in [2.75, 3.05) is 26.2 Å². The Balaban J connectivity index is 1.32. The lowest BCUT2D eigenvalue weighted by molar-refractivity contribution is 0.132. The lowest BCUT2D eigenvalue weighted by Gasteiger charge is -2.36. The minimum Gasteiger partial charge on any atom is -0.358 e. The van der Waals surface area contributed by atoms with Gasteiger partial charge in [-0.05, 0) is 31.4 Å². The molecule has 0 spiro atoms. The van der Waals surface area contributed by atoms with Crippen LogP contribution in [0, 0.1) is 6.92 Å². The van der Waals surface area contributed by atoms with Gasteiger partial charge >= 0.3 is 6.03 Å². The number of carbonyl (C=O) groups excluding carboxylic acids is 1. The molecule has 1 aromatic heterocycles. The number of para-hydroxylation sites is 1. The second-order valence-electron chi connectivity index (χ2n) is 7.82. The highest BCUT2D eigenvalue weighted by Crippen LogP contribution is 2.24. The Morgan fingerprint density at radius 3 is 2.62 bits per heavy atom. The third kappa shape index (κ3) is 3.73. The van der Waals surface area contributed by atoms with Crippen molar-refractivity contribution >= 4 is 16.9 Å². The summed E-state index contributed by atoms with van der Waals surface area (Å²) in [6, 6.07) is 9.04. The number of urea groups is 1. The molecule has 1 aromatic carbocycles. The van der Waals surface area contributed by atoms with Crippen LogP contribution in [0.25, 0.3) is 10.9 Å². The van der Waals surface area contributed by atoms with E-state index in [-0.39, 0.29) is 6.03 Å². The van der Waals surface area contributed by atoms with Crippen molar-refractivity contribution in [3.63, 3.8) is 0 Å². The van der Waals surface area contributed by atoms with Crippen LogP contribution in [0.2, 0.25) is 0 Å². The monoisotopic (exact) mass is 354 g/mol. The summed E-state index contributed by atoms with van der Waals surface area (Å²) in [7, 11) is 0. The average molecular weight is 354 g/mol. The Morgan fingerprint density at radius 2 is 1.85 bits per heavy atom. The molecule has 2 heterocycles. The van der Waals surface area contributed by atoms with Crippen LogP contribution in [0.15, 0.2) is 24.3 Å². The molecule has 1 saturated carbocycles. The van der Waals surface area contributed by atoms with E-state index in [1.807, 2.05) is 4.90 Å². The van der Waals surface area contributed by atoms with Crippen molar-refractivity contribution in [2.45, 2.75) is 51.6 Å². The highest BCUT2D eigenvalue weighted by molar-refractivity contribution is 5.84. The molecule has 1 aliphatic heterocycles. The van der Waals surface area contributed by atoms with Crippen molar-refractivity contribution in [1.29, 1.82) is 0 Å². The molecular formula is C21H30N4O. The number of nitrogens with one attached hydrogen (secondary N) is 2. The normalized spacial score (nSPS) is 19.8. The lowest BCUT2D eigenvalue weighted by atomic mass is 9.96. The maximum atomic E-state index is 12.5. The number of hydrogen-bond donors (Lipinski definition) is 2. The summed E-state index contributed by atoms with van der Waals surface area (Å²) >= 11 is 0. The zero-order chi connectivity index (χ0) is 17.9. The van der Waals surface area contributed by atoms with Gasteiger partial charge in [0.15, 0.2) is 0 Å². The van der Waals surface area contributed by atoms with Crippen LogP contribution in [0.3, 0.4) is 0 Å². The first-order chi connectivity index (χ1) is 12.7. The predicted molar refractivity (Wildman–Crippen MR) is 105 cm³/mol. The van der Waals surface area contributed by atoms with E-state index in [0.717, 1.165) is 45.6 Å². The standard InChI is InChI=1S/C21H30N4O/c1-16-19(18-9-5-6-10-20(18)22-16)15-24-11-13-25(14-12-24)21(26)23-17-7-3-2-4-8-17/h5-6,9-10,17,22H,2-4,7-8,11-15H2,1H3,(H,23,26). The Bertz CT molecular complexity index is 754. The van der Waals surface area contributed by atoms with Gasteiger partial charge in [-0.2, -0.15) is 0 Å². The van der Waals surface area contributed by atoms with Gasteiger partial charge in [0.1, 0.15) is 0 Å². The fraction of sp³-hybridized carbons (Fsp3) is 0.571. The van der Waals surface area contributed by atoms with Crippen LogP contribution in [0.1, 0.15) is 43.4 Å². The number of rotatable bonds is 3. The van der Waals surface area contributed by atoms with Crippen LogP contribution in [-0.2, 0) is 6.54 Å². The van der Waals surface area contributed by atoms with Crippen molar-refractivity contribution in [3.8, 4) is 0 Å². The first-order valence-electron chi connectivity index (χ1n) is 10.0. The topological polar surface area (TPSA) is 51.4 Å². The molecule has 1 aliphatic carbocycles. The van der Waals surface area contributed by atoms with Gasteiger partial charge < -0.3 is 15.2 Å². The van der Waals surface area contributed by atoms with Crippen molar-refractivity contribution in [3.05, 3.63) is 35.5 Å². The molecule has 0 bridgehead atoms. The van der Waals surface area contributed by atoms with E-state index in [1.165, 1.54) is 41.4 Å². The number of benzene rings is 1. The Kier molecular flexibility index (Phi) is 5.16. The smallest absolute Gasteiger partial charge is 0.317 e. The third-order valence-electron chi connectivity index (χ3n) is 6.00. The molecule has 4 rings (SSSR count). The Labute approximate surface area is 155 Å². The van der Waals surface area contributed by atoms with Crippen LogP contribution >= 0.6 is 0 Å². The predicted octanol–water partition coefficient (Wildman–Crippen LogP) is 3.64. The summed E-state index contributed by atoms with van der Waals surface area (Å²) in [5, 5.41) is 4.57. The fourth-order valence-corrected chi connectivity index (χ4v) is 4.38. The van der Waals surface area contributed by atoms with Crippen LogP contribution < -0.4 is 5.32 Å². The molecule has 5 heteroatoms. The van der Waals surface area contributed by atoms with Crippen molar-refractivity contribution in [2.24, 2.45) is 0 Å². The zero-order valence-electron chi connectivity index (χ0n) is 15.8. The van der Waals surface area contributed by atoms with Crippen molar-refractivity contribution < 1.29 is 4.79 Å². The highest BCUT2D eigenvalue weighted by Gasteiger charge is 2.24. The van der Waals surface area contributed by atoms with Crippen molar-refractivity contribution in [1.82, 2.24) is 20.1 Å². The van der Waals surface area contributed by atoms with Gasteiger partial charge in [-0.1, -0.05) is 37.5 Å². The minimum atomic E-state index is 0.139. The summed E-state index contributed by atoms with van der Waals surface area (Å²) in [5.74, 6) is 0. The first-order valence-corrected chi connectivity index (χ1v) is 10.0. The van der Waals surface area contributed by atoms with E-state index in [4.69, 9.17) is 0 Å². The molecule has 0 radical (unpaired) electrons. The molecule has 0 unspecified atom stereocenters. The molecule has 2 N–H and O–H groups in total. The van der Waals surface area contributed by atoms with Gasteiger partial charge in [-0.15, -0.1) is 0 Å². The number of carbonyl (C=O) groups is 1. The molecule has 26 heavy (non-hydrogen) atoms. The second kappa shape index (κ2) is 7.70. The number of aromatic nitrogens is 1. The molecule has 2 aromatic rings.